The number of aromatic nitrogens is 2. The van der Waals surface area contributed by atoms with Crippen molar-refractivity contribution in [1.82, 2.24) is 15.1 Å². The number of methoxy groups -OCH3 is 1. The van der Waals surface area contributed by atoms with Crippen LogP contribution in [0.5, 0.6) is 0 Å². The van der Waals surface area contributed by atoms with Gasteiger partial charge < -0.3 is 10.1 Å². The van der Waals surface area contributed by atoms with Crippen LogP contribution in [0.4, 0.5) is 0 Å². The molecular weight excluding hydrogens is 226 g/mol. The van der Waals surface area contributed by atoms with E-state index >= 15 is 0 Å². The summed E-state index contributed by atoms with van der Waals surface area (Å²) >= 11 is 0. The number of nitrogens with zero attached hydrogens (tertiary/aromatic N) is 2. The van der Waals surface area contributed by atoms with Gasteiger partial charge in [0.2, 0.25) is 0 Å². The van der Waals surface area contributed by atoms with E-state index in [2.05, 4.69) is 24.3 Å². The molecule has 0 bridgehead atoms. The van der Waals surface area contributed by atoms with Crippen molar-refractivity contribution in [2.24, 2.45) is 13.0 Å². The molecule has 0 fully saturated rings. The number of fused-ring (bicyclic) bond motifs is 1. The molecule has 0 spiro atoms. The van der Waals surface area contributed by atoms with Crippen molar-refractivity contribution in [3.05, 3.63) is 17.5 Å². The van der Waals surface area contributed by atoms with Gasteiger partial charge in [-0.3, -0.25) is 4.68 Å². The lowest BCUT2D eigenvalue weighted by Gasteiger charge is -2.30. The molecule has 1 aliphatic carbocycles. The van der Waals surface area contributed by atoms with Gasteiger partial charge in [0.25, 0.3) is 0 Å². The molecule has 18 heavy (non-hydrogen) atoms. The summed E-state index contributed by atoms with van der Waals surface area (Å²) in [6.45, 7) is 5.25. The molecule has 1 N–H and O–H groups in total. The number of hydrogen-bond donors (Lipinski definition) is 1. The van der Waals surface area contributed by atoms with E-state index in [1.54, 1.807) is 7.11 Å². The second-order valence-electron chi connectivity index (χ2n) is 5.59. The predicted octanol–water partition coefficient (Wildman–Crippen LogP) is 2.06. The van der Waals surface area contributed by atoms with Crippen LogP contribution in [-0.2, 0) is 18.2 Å². The molecule has 0 amide bonds. The first-order valence-corrected chi connectivity index (χ1v) is 6.89. The van der Waals surface area contributed by atoms with E-state index in [0.717, 1.165) is 13.0 Å². The molecule has 0 radical (unpaired) electrons. The fourth-order valence-electron chi connectivity index (χ4n) is 2.75. The first kappa shape index (κ1) is 13.6. The molecule has 0 aliphatic heterocycles. The molecule has 4 heteroatoms. The van der Waals surface area contributed by atoms with Crippen molar-refractivity contribution in [3.63, 3.8) is 0 Å². The van der Waals surface area contributed by atoms with Gasteiger partial charge >= 0.3 is 0 Å². The van der Waals surface area contributed by atoms with Crippen molar-refractivity contribution in [1.29, 1.82) is 0 Å². The normalized spacial score (nSPS) is 21.1. The molecule has 1 heterocycles. The smallest absolute Gasteiger partial charge is 0.0618 e. The summed E-state index contributed by atoms with van der Waals surface area (Å²) in [4.78, 5) is 0. The summed E-state index contributed by atoms with van der Waals surface area (Å²) in [5.41, 5.74) is 2.77. The van der Waals surface area contributed by atoms with Crippen LogP contribution in [0, 0.1) is 5.92 Å². The van der Waals surface area contributed by atoms with E-state index < -0.39 is 0 Å². The minimum atomic E-state index is 0.408. The van der Waals surface area contributed by atoms with Crippen molar-refractivity contribution in [2.45, 2.75) is 45.2 Å². The van der Waals surface area contributed by atoms with Gasteiger partial charge in [0.1, 0.15) is 0 Å². The van der Waals surface area contributed by atoms with Crippen molar-refractivity contribution >= 4 is 0 Å². The minimum absolute atomic E-state index is 0.408. The molecular formula is C14H25N3O. The Balaban J connectivity index is 2.10. The molecule has 1 aliphatic rings. The first-order valence-electron chi connectivity index (χ1n) is 6.89. The van der Waals surface area contributed by atoms with Gasteiger partial charge in [-0.15, -0.1) is 0 Å². The maximum absolute atomic E-state index is 5.32. The van der Waals surface area contributed by atoms with Crippen LogP contribution in [0.1, 0.15) is 44.0 Å². The first-order chi connectivity index (χ1) is 8.63. The highest BCUT2D eigenvalue weighted by Gasteiger charge is 2.26. The second-order valence-corrected chi connectivity index (χ2v) is 5.59. The summed E-state index contributed by atoms with van der Waals surface area (Å²) in [7, 11) is 3.81. The minimum Gasteiger partial charge on any atom is -0.383 e. The summed E-state index contributed by atoms with van der Waals surface area (Å²) in [5.74, 6) is 0.576. The number of ether oxygens (including phenoxy) is 1. The molecule has 102 valence electrons. The number of hydrogen-bond acceptors (Lipinski definition) is 3. The van der Waals surface area contributed by atoms with E-state index in [-0.39, 0.29) is 0 Å². The van der Waals surface area contributed by atoms with Gasteiger partial charge in [0.05, 0.1) is 12.8 Å². The van der Waals surface area contributed by atoms with Crippen LogP contribution in [0.25, 0.3) is 0 Å². The highest BCUT2D eigenvalue weighted by Crippen LogP contribution is 2.30. The fraction of sp³-hybridized carbons (Fsp3) is 0.786. The average Bonchev–Trinajstić information content (AvgIpc) is 2.72. The van der Waals surface area contributed by atoms with Crippen LogP contribution in [0.15, 0.2) is 6.20 Å². The Morgan fingerprint density at radius 2 is 2.33 bits per heavy atom. The van der Waals surface area contributed by atoms with E-state index in [0.29, 0.717) is 18.0 Å². The highest BCUT2D eigenvalue weighted by atomic mass is 16.5. The largest absolute Gasteiger partial charge is 0.383 e. The monoisotopic (exact) mass is 251 g/mol. The zero-order valence-corrected chi connectivity index (χ0v) is 11.9. The maximum Gasteiger partial charge on any atom is 0.0618 e. The van der Waals surface area contributed by atoms with Crippen LogP contribution in [-0.4, -0.2) is 29.5 Å². The molecule has 0 aromatic carbocycles. The predicted molar refractivity (Wildman–Crippen MR) is 72.5 cm³/mol. The molecule has 1 aromatic heterocycles. The Bertz CT molecular complexity index is 386. The molecule has 4 nitrogen and oxygen atoms in total. The number of rotatable bonds is 5. The fourth-order valence-corrected chi connectivity index (χ4v) is 2.75. The molecule has 0 saturated heterocycles. The number of nitrogens with one attached hydrogen (secondary N) is 1. The Labute approximate surface area is 110 Å². The highest BCUT2D eigenvalue weighted by molar-refractivity contribution is 5.24. The summed E-state index contributed by atoms with van der Waals surface area (Å²) in [6, 6.07) is 0.844. The van der Waals surface area contributed by atoms with Gasteiger partial charge in [-0.25, -0.2) is 0 Å². The summed E-state index contributed by atoms with van der Waals surface area (Å²) < 4.78 is 7.33. The van der Waals surface area contributed by atoms with Gasteiger partial charge in [-0.05, 0) is 25.2 Å². The molecule has 2 unspecified atom stereocenters. The Morgan fingerprint density at radius 1 is 1.56 bits per heavy atom. The Morgan fingerprint density at radius 3 is 3.00 bits per heavy atom. The van der Waals surface area contributed by atoms with Crippen LogP contribution in [0.2, 0.25) is 0 Å². The average molecular weight is 251 g/mol. The van der Waals surface area contributed by atoms with Gasteiger partial charge in [-0.1, -0.05) is 13.8 Å². The van der Waals surface area contributed by atoms with Gasteiger partial charge in [0, 0.05) is 37.5 Å². The third kappa shape index (κ3) is 2.75. The zero-order valence-electron chi connectivity index (χ0n) is 11.9. The van der Waals surface area contributed by atoms with Crippen LogP contribution in [0.3, 0.4) is 0 Å². The third-order valence-corrected chi connectivity index (χ3v) is 3.94. The number of aryl methyl sites for hydroxylation is 1. The summed E-state index contributed by atoms with van der Waals surface area (Å²) in [6.07, 6.45) is 5.62. The van der Waals surface area contributed by atoms with E-state index in [9.17, 15) is 0 Å². The Kier molecular flexibility index (Phi) is 4.40. The van der Waals surface area contributed by atoms with Gasteiger partial charge in [0.15, 0.2) is 0 Å². The lowest BCUT2D eigenvalue weighted by molar-refractivity contribution is 0.138. The van der Waals surface area contributed by atoms with Gasteiger partial charge in [-0.2, -0.15) is 5.10 Å². The third-order valence-electron chi connectivity index (χ3n) is 3.94. The lowest BCUT2D eigenvalue weighted by atomic mass is 9.91. The van der Waals surface area contributed by atoms with E-state index in [1.807, 2.05) is 17.9 Å². The molecule has 2 atom stereocenters. The summed E-state index contributed by atoms with van der Waals surface area (Å²) in [5, 5.41) is 8.14. The molecule has 2 rings (SSSR count). The van der Waals surface area contributed by atoms with Crippen LogP contribution < -0.4 is 5.32 Å². The molecule has 1 aromatic rings. The van der Waals surface area contributed by atoms with Crippen molar-refractivity contribution < 1.29 is 4.74 Å². The van der Waals surface area contributed by atoms with Crippen LogP contribution >= 0.6 is 0 Å². The second kappa shape index (κ2) is 5.85. The van der Waals surface area contributed by atoms with Crippen molar-refractivity contribution in [2.75, 3.05) is 13.7 Å². The molecule has 0 saturated carbocycles. The zero-order chi connectivity index (χ0) is 13.1. The maximum atomic E-state index is 5.32. The lowest BCUT2D eigenvalue weighted by Crippen LogP contribution is -2.41. The Hall–Kier alpha value is -0.870. The SMILES string of the molecule is COCC(NC1CCCc2c1cnn2C)C(C)C. The van der Waals surface area contributed by atoms with E-state index in [4.69, 9.17) is 4.74 Å². The van der Waals surface area contributed by atoms with E-state index in [1.165, 1.54) is 24.1 Å². The quantitative estimate of drug-likeness (QED) is 0.870. The standard InChI is InChI=1S/C14H25N3O/c1-10(2)13(9-18-4)16-12-6-5-7-14-11(12)8-15-17(14)3/h8,10,12-13,16H,5-7,9H2,1-4H3. The van der Waals surface area contributed by atoms with Crippen molar-refractivity contribution in [3.8, 4) is 0 Å². The topological polar surface area (TPSA) is 39.1 Å².